The largest absolute Gasteiger partial charge is 0.326 e. The van der Waals surface area contributed by atoms with Crippen LogP contribution >= 0.6 is 0 Å². The van der Waals surface area contributed by atoms with Crippen molar-refractivity contribution in [2.75, 3.05) is 25.5 Å². The van der Waals surface area contributed by atoms with Crippen molar-refractivity contribution in [3.05, 3.63) is 60.2 Å². The number of piperidine rings is 1. The van der Waals surface area contributed by atoms with Crippen LogP contribution in [0.15, 0.2) is 59.5 Å². The molecule has 0 radical (unpaired) electrons. The van der Waals surface area contributed by atoms with Gasteiger partial charge in [0.1, 0.15) is 0 Å². The van der Waals surface area contributed by atoms with Crippen LogP contribution in [-0.2, 0) is 21.4 Å². The molecule has 6 nitrogen and oxygen atoms in total. The highest BCUT2D eigenvalue weighted by Gasteiger charge is 2.33. The summed E-state index contributed by atoms with van der Waals surface area (Å²) >= 11 is 0. The molecule has 1 aliphatic carbocycles. The second kappa shape index (κ2) is 10.8. The summed E-state index contributed by atoms with van der Waals surface area (Å²) in [6.45, 7) is 1.46. The molecule has 2 aliphatic rings. The van der Waals surface area contributed by atoms with Crippen molar-refractivity contribution in [1.29, 1.82) is 0 Å². The third kappa shape index (κ3) is 5.83. The van der Waals surface area contributed by atoms with Crippen LogP contribution in [0.5, 0.6) is 0 Å². The Hall–Kier alpha value is -2.22. The van der Waals surface area contributed by atoms with E-state index in [0.717, 1.165) is 17.8 Å². The van der Waals surface area contributed by atoms with E-state index < -0.39 is 10.0 Å². The van der Waals surface area contributed by atoms with Crippen molar-refractivity contribution in [1.82, 2.24) is 9.21 Å². The second-order valence-electron chi connectivity index (χ2n) is 9.37. The standard InChI is InChI=1S/C26H35N3O3S/c1-28(23-13-4-2-5-14-23)19-21-11-8-9-17-25(21)27-26(30)22-12-10-18-29(20-22)33(31,32)24-15-6-3-7-16-24/h3,6-9,11,15-17,22-23H,2,4-5,10,12-14,18-20H2,1H3,(H,27,30). The highest BCUT2D eigenvalue weighted by atomic mass is 32.2. The maximum Gasteiger partial charge on any atom is 0.243 e. The monoisotopic (exact) mass is 469 g/mol. The lowest BCUT2D eigenvalue weighted by atomic mass is 9.94. The van der Waals surface area contributed by atoms with Crippen LogP contribution in [0.3, 0.4) is 0 Å². The fourth-order valence-electron chi connectivity index (χ4n) is 5.05. The van der Waals surface area contributed by atoms with E-state index in [-0.39, 0.29) is 23.3 Å². The number of para-hydroxylation sites is 1. The van der Waals surface area contributed by atoms with E-state index in [9.17, 15) is 13.2 Å². The Morgan fingerprint density at radius 1 is 0.970 bits per heavy atom. The molecule has 4 rings (SSSR count). The molecule has 1 N–H and O–H groups in total. The van der Waals surface area contributed by atoms with Crippen molar-refractivity contribution in [2.45, 2.75) is 62.4 Å². The SMILES string of the molecule is CN(Cc1ccccc1NC(=O)C1CCCN(S(=O)(=O)c2ccccc2)C1)C1CCCCC1. The molecule has 7 heteroatoms. The Bertz CT molecular complexity index is 1040. The summed E-state index contributed by atoms with van der Waals surface area (Å²) in [5.41, 5.74) is 1.93. The predicted octanol–water partition coefficient (Wildman–Crippen LogP) is 4.49. The first-order valence-electron chi connectivity index (χ1n) is 12.1. The van der Waals surface area contributed by atoms with Crippen LogP contribution in [0.1, 0.15) is 50.5 Å². The van der Waals surface area contributed by atoms with Crippen molar-refractivity contribution in [3.8, 4) is 0 Å². The summed E-state index contributed by atoms with van der Waals surface area (Å²) in [6.07, 6.45) is 7.74. The van der Waals surface area contributed by atoms with Gasteiger partial charge in [0, 0.05) is 31.4 Å². The predicted molar refractivity (Wildman–Crippen MR) is 131 cm³/mol. The lowest BCUT2D eigenvalue weighted by Crippen LogP contribution is -2.43. The van der Waals surface area contributed by atoms with Gasteiger partial charge in [-0.1, -0.05) is 55.7 Å². The maximum atomic E-state index is 13.2. The first kappa shape index (κ1) is 23.9. The van der Waals surface area contributed by atoms with Crippen LogP contribution in [0.4, 0.5) is 5.69 Å². The minimum Gasteiger partial charge on any atom is -0.326 e. The Morgan fingerprint density at radius 3 is 2.42 bits per heavy atom. The lowest BCUT2D eigenvalue weighted by molar-refractivity contribution is -0.120. The number of amides is 1. The molecule has 0 spiro atoms. The van der Waals surface area contributed by atoms with E-state index in [1.54, 1.807) is 30.3 Å². The number of nitrogens with one attached hydrogen (secondary N) is 1. The molecule has 2 aromatic carbocycles. The number of nitrogens with zero attached hydrogens (tertiary/aromatic N) is 2. The summed E-state index contributed by atoms with van der Waals surface area (Å²) < 4.78 is 27.5. The lowest BCUT2D eigenvalue weighted by Gasteiger charge is -2.32. The summed E-state index contributed by atoms with van der Waals surface area (Å²) in [5, 5.41) is 3.11. The number of rotatable bonds is 7. The zero-order valence-corrected chi connectivity index (χ0v) is 20.3. The Labute approximate surface area is 198 Å². The number of carbonyl (C=O) groups excluding carboxylic acids is 1. The van der Waals surface area contributed by atoms with Gasteiger partial charge in [-0.25, -0.2) is 8.42 Å². The van der Waals surface area contributed by atoms with E-state index in [0.29, 0.717) is 25.4 Å². The minimum absolute atomic E-state index is 0.101. The normalized spacial score (nSPS) is 20.6. The van der Waals surface area contributed by atoms with Gasteiger partial charge in [-0.15, -0.1) is 0 Å². The van der Waals surface area contributed by atoms with Gasteiger partial charge in [0.15, 0.2) is 0 Å². The zero-order chi connectivity index (χ0) is 23.3. The molecular weight excluding hydrogens is 434 g/mol. The van der Waals surface area contributed by atoms with E-state index in [2.05, 4.69) is 23.3 Å². The minimum atomic E-state index is -3.59. The smallest absolute Gasteiger partial charge is 0.243 e. The van der Waals surface area contributed by atoms with Crippen molar-refractivity contribution >= 4 is 21.6 Å². The molecule has 0 aromatic heterocycles. The van der Waals surface area contributed by atoms with Gasteiger partial charge in [0.2, 0.25) is 15.9 Å². The molecule has 0 bridgehead atoms. The van der Waals surface area contributed by atoms with Crippen molar-refractivity contribution in [2.24, 2.45) is 5.92 Å². The summed E-state index contributed by atoms with van der Waals surface area (Å²) in [4.78, 5) is 15.9. The molecule has 178 valence electrons. The fraction of sp³-hybridized carbons (Fsp3) is 0.500. The van der Waals surface area contributed by atoms with E-state index in [1.165, 1.54) is 36.4 Å². The Kier molecular flexibility index (Phi) is 7.83. The van der Waals surface area contributed by atoms with Crippen LogP contribution < -0.4 is 5.32 Å². The van der Waals surface area contributed by atoms with Crippen LogP contribution in [0, 0.1) is 5.92 Å². The van der Waals surface area contributed by atoms with Crippen molar-refractivity contribution in [3.63, 3.8) is 0 Å². The van der Waals surface area contributed by atoms with Gasteiger partial charge in [0.05, 0.1) is 10.8 Å². The quantitative estimate of drug-likeness (QED) is 0.649. The molecule has 1 atom stereocenters. The molecule has 1 saturated heterocycles. The first-order valence-corrected chi connectivity index (χ1v) is 13.5. The van der Waals surface area contributed by atoms with Gasteiger partial charge < -0.3 is 5.32 Å². The van der Waals surface area contributed by atoms with Crippen LogP contribution in [0.2, 0.25) is 0 Å². The Balaban J connectivity index is 1.42. The van der Waals surface area contributed by atoms with Gasteiger partial charge in [-0.3, -0.25) is 9.69 Å². The molecule has 33 heavy (non-hydrogen) atoms. The Morgan fingerprint density at radius 2 is 1.67 bits per heavy atom. The van der Waals surface area contributed by atoms with Crippen LogP contribution in [0.25, 0.3) is 0 Å². The zero-order valence-electron chi connectivity index (χ0n) is 19.4. The summed E-state index contributed by atoms with van der Waals surface area (Å²) in [7, 11) is -1.42. The topological polar surface area (TPSA) is 69.7 Å². The third-order valence-electron chi connectivity index (χ3n) is 7.03. The number of benzene rings is 2. The average molecular weight is 470 g/mol. The van der Waals surface area contributed by atoms with Gasteiger partial charge in [-0.2, -0.15) is 4.31 Å². The number of sulfonamides is 1. The molecule has 2 aromatic rings. The first-order chi connectivity index (χ1) is 15.9. The maximum absolute atomic E-state index is 13.2. The molecule has 1 aliphatic heterocycles. The van der Waals surface area contributed by atoms with E-state index in [1.807, 2.05) is 18.2 Å². The molecule has 1 unspecified atom stereocenters. The molecule has 1 amide bonds. The summed E-state index contributed by atoms with van der Waals surface area (Å²) in [5.74, 6) is -0.461. The van der Waals surface area contributed by atoms with Gasteiger partial charge in [-0.05, 0) is 56.5 Å². The van der Waals surface area contributed by atoms with E-state index in [4.69, 9.17) is 0 Å². The van der Waals surface area contributed by atoms with Crippen molar-refractivity contribution < 1.29 is 13.2 Å². The van der Waals surface area contributed by atoms with Crippen LogP contribution in [-0.4, -0.2) is 49.7 Å². The number of hydrogen-bond acceptors (Lipinski definition) is 4. The second-order valence-corrected chi connectivity index (χ2v) is 11.3. The highest BCUT2D eigenvalue weighted by Crippen LogP contribution is 2.27. The average Bonchev–Trinajstić information content (AvgIpc) is 2.86. The molecular formula is C26H35N3O3S. The number of anilines is 1. The fourth-order valence-corrected chi connectivity index (χ4v) is 6.60. The molecule has 1 heterocycles. The third-order valence-corrected chi connectivity index (χ3v) is 8.91. The summed E-state index contributed by atoms with van der Waals surface area (Å²) in [6, 6.07) is 17.0. The number of carbonyl (C=O) groups is 1. The number of hydrogen-bond donors (Lipinski definition) is 1. The van der Waals surface area contributed by atoms with E-state index >= 15 is 0 Å². The van der Waals surface area contributed by atoms with Gasteiger partial charge in [0.25, 0.3) is 0 Å². The highest BCUT2D eigenvalue weighted by molar-refractivity contribution is 7.89. The molecule has 2 fully saturated rings. The molecule has 1 saturated carbocycles. The van der Waals surface area contributed by atoms with Gasteiger partial charge >= 0.3 is 0 Å².